The second kappa shape index (κ2) is 9.38. The molecule has 1 aromatic carbocycles. The van der Waals surface area contributed by atoms with Crippen LogP contribution < -0.4 is 5.56 Å². The number of benzene rings is 1. The smallest absolute Gasteiger partial charge is 0.264 e. The molecule has 0 bridgehead atoms. The number of rotatable bonds is 5. The zero-order valence-electron chi connectivity index (χ0n) is 20.4. The van der Waals surface area contributed by atoms with Crippen molar-refractivity contribution in [1.29, 1.82) is 0 Å². The van der Waals surface area contributed by atoms with Gasteiger partial charge in [0.2, 0.25) is 10.0 Å². The first-order chi connectivity index (χ1) is 16.5. The number of hydrogen-bond donors (Lipinski definition) is 1. The zero-order chi connectivity index (χ0) is 25.4. The molecule has 1 fully saturated rings. The van der Waals surface area contributed by atoms with Gasteiger partial charge in [0, 0.05) is 32.2 Å². The van der Waals surface area contributed by atoms with Crippen LogP contribution in [0.4, 0.5) is 0 Å². The van der Waals surface area contributed by atoms with Crippen LogP contribution in [0.15, 0.2) is 52.3 Å². The van der Waals surface area contributed by atoms with Gasteiger partial charge in [0.1, 0.15) is 0 Å². The summed E-state index contributed by atoms with van der Waals surface area (Å²) in [6.07, 6.45) is 2.02. The minimum Gasteiger partial charge on any atom is -0.336 e. The maximum atomic E-state index is 13.3. The summed E-state index contributed by atoms with van der Waals surface area (Å²) in [6, 6.07) is 9.90. The molecule has 35 heavy (non-hydrogen) atoms. The second-order valence-corrected chi connectivity index (χ2v) is 11.5. The van der Waals surface area contributed by atoms with E-state index in [4.69, 9.17) is 0 Å². The topological polar surface area (TPSA) is 121 Å². The van der Waals surface area contributed by atoms with Crippen molar-refractivity contribution in [2.75, 3.05) is 26.2 Å². The van der Waals surface area contributed by atoms with Crippen molar-refractivity contribution in [1.82, 2.24) is 29.2 Å². The fourth-order valence-electron chi connectivity index (χ4n) is 4.12. The van der Waals surface area contributed by atoms with Gasteiger partial charge in [-0.15, -0.1) is 0 Å². The highest BCUT2D eigenvalue weighted by Gasteiger charge is 2.32. The standard InChI is InChI=1S/C24H30N6O4S/c1-5-20-19(16-25-30(20)21-10-11-22(31)27-26-21)23(32)28-12-14-29(15-13-28)35(33,34)18-8-6-17(7-9-18)24(2,3)4/h6-11,16H,5,12-15H2,1-4H3,(H,27,31). The maximum absolute atomic E-state index is 13.3. The minimum absolute atomic E-state index is 0.0623. The normalized spacial score (nSPS) is 15.4. The molecular formula is C24H30N6O4S. The Labute approximate surface area is 204 Å². The molecule has 4 rings (SSSR count). The van der Waals surface area contributed by atoms with Crippen LogP contribution >= 0.6 is 0 Å². The number of hydrogen-bond acceptors (Lipinski definition) is 6. The molecule has 2 aromatic heterocycles. The molecule has 0 atom stereocenters. The van der Waals surface area contributed by atoms with E-state index in [0.717, 1.165) is 5.56 Å². The zero-order valence-corrected chi connectivity index (χ0v) is 21.2. The Bertz CT molecular complexity index is 1360. The van der Waals surface area contributed by atoms with Gasteiger partial charge in [-0.3, -0.25) is 9.59 Å². The minimum atomic E-state index is -3.64. The van der Waals surface area contributed by atoms with Crippen LogP contribution in [0.25, 0.3) is 5.82 Å². The first kappa shape index (κ1) is 24.8. The summed E-state index contributed by atoms with van der Waals surface area (Å²) >= 11 is 0. The highest BCUT2D eigenvalue weighted by Crippen LogP contribution is 2.25. The van der Waals surface area contributed by atoms with Crippen LogP contribution in [0.2, 0.25) is 0 Å². The number of aromatic nitrogens is 4. The number of nitrogens with zero attached hydrogens (tertiary/aromatic N) is 5. The number of carbonyl (C=O) groups is 1. The largest absolute Gasteiger partial charge is 0.336 e. The fraction of sp³-hybridized carbons (Fsp3) is 0.417. The Morgan fingerprint density at radius 3 is 2.23 bits per heavy atom. The summed E-state index contributed by atoms with van der Waals surface area (Å²) in [4.78, 5) is 26.5. The quantitative estimate of drug-likeness (QED) is 0.574. The lowest BCUT2D eigenvalue weighted by Gasteiger charge is -2.34. The summed E-state index contributed by atoms with van der Waals surface area (Å²) in [5, 5.41) is 10.7. The summed E-state index contributed by atoms with van der Waals surface area (Å²) in [7, 11) is -3.64. The Morgan fingerprint density at radius 2 is 1.69 bits per heavy atom. The van der Waals surface area contributed by atoms with Crippen LogP contribution in [-0.2, 0) is 21.9 Å². The van der Waals surface area contributed by atoms with Crippen molar-refractivity contribution in [3.63, 3.8) is 0 Å². The second-order valence-electron chi connectivity index (χ2n) is 9.52. The van der Waals surface area contributed by atoms with Gasteiger partial charge < -0.3 is 4.90 Å². The highest BCUT2D eigenvalue weighted by molar-refractivity contribution is 7.89. The summed E-state index contributed by atoms with van der Waals surface area (Å²) < 4.78 is 29.3. The Morgan fingerprint density at radius 1 is 1.03 bits per heavy atom. The van der Waals surface area contributed by atoms with E-state index in [0.29, 0.717) is 23.5 Å². The molecule has 0 spiro atoms. The van der Waals surface area contributed by atoms with E-state index in [1.807, 2.05) is 19.1 Å². The lowest BCUT2D eigenvalue weighted by atomic mass is 9.87. The number of sulfonamides is 1. The molecule has 3 heterocycles. The molecule has 1 saturated heterocycles. The summed E-state index contributed by atoms with van der Waals surface area (Å²) in [6.45, 7) is 9.14. The number of nitrogens with one attached hydrogen (secondary N) is 1. The van der Waals surface area contributed by atoms with Gasteiger partial charge >= 0.3 is 0 Å². The molecule has 11 heteroatoms. The van der Waals surface area contributed by atoms with Gasteiger partial charge in [-0.25, -0.2) is 18.2 Å². The van der Waals surface area contributed by atoms with Crippen molar-refractivity contribution in [2.24, 2.45) is 0 Å². The Hall–Kier alpha value is -3.31. The van der Waals surface area contributed by atoms with Crippen molar-refractivity contribution in [2.45, 2.75) is 44.4 Å². The van der Waals surface area contributed by atoms with E-state index in [9.17, 15) is 18.0 Å². The molecule has 10 nitrogen and oxygen atoms in total. The van der Waals surface area contributed by atoms with E-state index < -0.39 is 10.0 Å². The SMILES string of the molecule is CCc1c(C(=O)N2CCN(S(=O)(=O)c3ccc(C(C)(C)C)cc3)CC2)cnn1-c1ccc(=O)[nH]n1. The number of aromatic amines is 1. The van der Waals surface area contributed by atoms with E-state index >= 15 is 0 Å². The fourth-order valence-corrected chi connectivity index (χ4v) is 5.55. The number of amides is 1. The Kier molecular flexibility index (Phi) is 6.65. The van der Waals surface area contributed by atoms with Gasteiger partial charge in [0.15, 0.2) is 5.82 Å². The summed E-state index contributed by atoms with van der Waals surface area (Å²) in [5.41, 5.74) is 1.79. The van der Waals surface area contributed by atoms with Crippen molar-refractivity contribution in [3.05, 3.63) is 69.8 Å². The van der Waals surface area contributed by atoms with Crippen LogP contribution in [-0.4, -0.2) is 69.7 Å². The van der Waals surface area contributed by atoms with Crippen LogP contribution in [0.5, 0.6) is 0 Å². The average molecular weight is 499 g/mol. The monoisotopic (exact) mass is 498 g/mol. The van der Waals surface area contributed by atoms with Gasteiger partial charge in [0.25, 0.3) is 11.5 Å². The van der Waals surface area contributed by atoms with Crippen LogP contribution in [0.3, 0.4) is 0 Å². The third kappa shape index (κ3) is 4.92. The molecular weight excluding hydrogens is 468 g/mol. The molecule has 0 saturated carbocycles. The van der Waals surface area contributed by atoms with E-state index in [-0.39, 0.29) is 48.0 Å². The van der Waals surface area contributed by atoms with Gasteiger partial charge in [-0.2, -0.15) is 14.5 Å². The molecule has 0 aliphatic carbocycles. The molecule has 0 unspecified atom stereocenters. The van der Waals surface area contributed by atoms with E-state index in [1.54, 1.807) is 17.0 Å². The third-order valence-corrected chi connectivity index (χ3v) is 8.11. The van der Waals surface area contributed by atoms with Gasteiger partial charge in [0.05, 0.1) is 22.3 Å². The van der Waals surface area contributed by atoms with Crippen LogP contribution in [0.1, 0.15) is 49.3 Å². The predicted molar refractivity (Wildman–Crippen MR) is 131 cm³/mol. The van der Waals surface area contributed by atoms with Gasteiger partial charge in [-0.05, 0) is 35.6 Å². The van der Waals surface area contributed by atoms with E-state index in [1.165, 1.54) is 27.3 Å². The molecule has 1 N–H and O–H groups in total. The van der Waals surface area contributed by atoms with Gasteiger partial charge in [-0.1, -0.05) is 39.8 Å². The highest BCUT2D eigenvalue weighted by atomic mass is 32.2. The first-order valence-corrected chi connectivity index (χ1v) is 13.0. The van der Waals surface area contributed by atoms with E-state index in [2.05, 4.69) is 36.1 Å². The molecule has 0 radical (unpaired) electrons. The predicted octanol–water partition coefficient (Wildman–Crippen LogP) is 1.96. The van der Waals surface area contributed by atoms with Crippen LogP contribution in [0, 0.1) is 0 Å². The number of carbonyl (C=O) groups excluding carboxylic acids is 1. The van der Waals surface area contributed by atoms with Crippen molar-refractivity contribution >= 4 is 15.9 Å². The van der Waals surface area contributed by atoms with Crippen molar-refractivity contribution in [3.8, 4) is 5.82 Å². The average Bonchev–Trinajstić information content (AvgIpc) is 3.28. The lowest BCUT2D eigenvalue weighted by Crippen LogP contribution is -2.50. The lowest BCUT2D eigenvalue weighted by molar-refractivity contribution is 0.0696. The molecule has 3 aromatic rings. The molecule has 1 aliphatic rings. The summed E-state index contributed by atoms with van der Waals surface area (Å²) in [5.74, 6) is 0.206. The number of piperazine rings is 1. The third-order valence-electron chi connectivity index (χ3n) is 6.20. The van der Waals surface area contributed by atoms with Crippen molar-refractivity contribution < 1.29 is 13.2 Å². The first-order valence-electron chi connectivity index (χ1n) is 11.6. The molecule has 186 valence electrons. The number of H-pyrrole nitrogens is 1. The Balaban J connectivity index is 1.47. The maximum Gasteiger partial charge on any atom is 0.264 e. The molecule has 1 aliphatic heterocycles. The molecule has 1 amide bonds.